The van der Waals surface area contributed by atoms with E-state index >= 15 is 0 Å². The summed E-state index contributed by atoms with van der Waals surface area (Å²) in [7, 11) is 0. The molecule has 4 rings (SSSR count). The third kappa shape index (κ3) is 2.75. The van der Waals surface area contributed by atoms with Crippen LogP contribution in [0.2, 0.25) is 0 Å². The van der Waals surface area contributed by atoms with E-state index in [1.165, 1.54) is 6.26 Å². The molecule has 6 heteroatoms. The number of carbonyl (C=O) groups excluding carboxylic acids is 1. The van der Waals surface area contributed by atoms with Gasteiger partial charge in [0.05, 0.1) is 17.4 Å². The molecular weight excluding hydrogens is 316 g/mol. The molecule has 0 atom stereocenters. The SMILES string of the molecule is NC(=O)c1nn(-c2cccc(C#Cc3ncco3)c2)c2ccccc12. The largest absolute Gasteiger partial charge is 0.439 e. The van der Waals surface area contributed by atoms with Gasteiger partial charge in [-0.2, -0.15) is 5.10 Å². The average Bonchev–Trinajstić information content (AvgIpc) is 3.28. The predicted octanol–water partition coefficient (Wildman–Crippen LogP) is 2.51. The molecule has 120 valence electrons. The van der Waals surface area contributed by atoms with Crippen molar-refractivity contribution in [3.8, 4) is 17.5 Å². The fraction of sp³-hybridized carbons (Fsp3) is 0. The van der Waals surface area contributed by atoms with Gasteiger partial charge in [-0.05, 0) is 30.2 Å². The standard InChI is InChI=1S/C19H12N4O2/c20-19(24)18-15-6-1-2-7-16(15)23(22-18)14-5-3-4-13(12-14)8-9-17-21-10-11-25-17/h1-7,10-12H,(H2,20,24). The van der Waals surface area contributed by atoms with E-state index in [1.54, 1.807) is 10.9 Å². The number of oxazole rings is 1. The van der Waals surface area contributed by atoms with Crippen LogP contribution in [0.4, 0.5) is 0 Å². The number of fused-ring (bicyclic) bond motifs is 1. The maximum absolute atomic E-state index is 11.7. The smallest absolute Gasteiger partial charge is 0.273 e. The second-order valence-corrected chi connectivity index (χ2v) is 5.28. The molecule has 0 saturated heterocycles. The number of para-hydroxylation sites is 1. The third-order valence-electron chi connectivity index (χ3n) is 3.66. The number of primary amides is 1. The minimum absolute atomic E-state index is 0.242. The summed E-state index contributed by atoms with van der Waals surface area (Å²) in [5.41, 5.74) is 8.05. The summed E-state index contributed by atoms with van der Waals surface area (Å²) in [6.45, 7) is 0. The Hall–Kier alpha value is -3.85. The number of amides is 1. The Morgan fingerprint density at radius 1 is 1.12 bits per heavy atom. The lowest BCUT2D eigenvalue weighted by Crippen LogP contribution is -2.12. The number of nitrogens with two attached hydrogens (primary N) is 1. The first-order valence-corrected chi connectivity index (χ1v) is 7.52. The van der Waals surface area contributed by atoms with E-state index in [4.69, 9.17) is 10.2 Å². The minimum atomic E-state index is -0.560. The van der Waals surface area contributed by atoms with Crippen LogP contribution in [0.15, 0.2) is 65.4 Å². The molecule has 1 amide bonds. The van der Waals surface area contributed by atoms with E-state index in [0.29, 0.717) is 11.3 Å². The van der Waals surface area contributed by atoms with E-state index in [1.807, 2.05) is 48.5 Å². The number of carbonyl (C=O) groups is 1. The topological polar surface area (TPSA) is 86.9 Å². The van der Waals surface area contributed by atoms with Crippen LogP contribution in [0.1, 0.15) is 21.9 Å². The second kappa shape index (κ2) is 5.98. The van der Waals surface area contributed by atoms with Crippen molar-refractivity contribution < 1.29 is 9.21 Å². The van der Waals surface area contributed by atoms with Crippen molar-refractivity contribution in [1.82, 2.24) is 14.8 Å². The van der Waals surface area contributed by atoms with Crippen molar-refractivity contribution in [3.63, 3.8) is 0 Å². The van der Waals surface area contributed by atoms with Crippen LogP contribution in [0.5, 0.6) is 0 Å². The van der Waals surface area contributed by atoms with Gasteiger partial charge in [-0.15, -0.1) is 0 Å². The Bertz CT molecular complexity index is 1130. The Balaban J connectivity index is 1.82. The van der Waals surface area contributed by atoms with Crippen LogP contribution in [0.25, 0.3) is 16.6 Å². The Morgan fingerprint density at radius 3 is 2.80 bits per heavy atom. The van der Waals surface area contributed by atoms with Crippen molar-refractivity contribution in [1.29, 1.82) is 0 Å². The molecule has 0 spiro atoms. The lowest BCUT2D eigenvalue weighted by Gasteiger charge is -2.03. The maximum atomic E-state index is 11.7. The van der Waals surface area contributed by atoms with Gasteiger partial charge >= 0.3 is 0 Å². The van der Waals surface area contributed by atoms with Gasteiger partial charge in [0.25, 0.3) is 11.8 Å². The molecule has 2 N–H and O–H groups in total. The number of hydrogen-bond acceptors (Lipinski definition) is 4. The lowest BCUT2D eigenvalue weighted by molar-refractivity contribution is 0.0996. The molecule has 25 heavy (non-hydrogen) atoms. The van der Waals surface area contributed by atoms with Crippen molar-refractivity contribution in [2.45, 2.75) is 0 Å². The van der Waals surface area contributed by atoms with Gasteiger partial charge in [0, 0.05) is 10.9 Å². The molecule has 0 aliphatic heterocycles. The van der Waals surface area contributed by atoms with Crippen LogP contribution in [-0.2, 0) is 0 Å². The molecule has 2 aromatic carbocycles. The first-order chi connectivity index (χ1) is 12.2. The van der Waals surface area contributed by atoms with E-state index in [-0.39, 0.29) is 5.69 Å². The van der Waals surface area contributed by atoms with Crippen LogP contribution in [0.3, 0.4) is 0 Å². The summed E-state index contributed by atoms with van der Waals surface area (Å²) in [6.07, 6.45) is 3.02. The zero-order valence-corrected chi connectivity index (χ0v) is 13.0. The number of rotatable bonds is 2. The first kappa shape index (κ1) is 14.7. The van der Waals surface area contributed by atoms with Crippen LogP contribution in [0, 0.1) is 11.8 Å². The molecule has 0 aliphatic carbocycles. The average molecular weight is 328 g/mol. The summed E-state index contributed by atoms with van der Waals surface area (Å²) in [6, 6.07) is 15.0. The number of benzene rings is 2. The van der Waals surface area contributed by atoms with Gasteiger partial charge in [0.15, 0.2) is 5.69 Å². The van der Waals surface area contributed by atoms with E-state index in [0.717, 1.165) is 16.8 Å². The predicted molar refractivity (Wildman–Crippen MR) is 92.1 cm³/mol. The Kier molecular flexibility index (Phi) is 3.52. The third-order valence-corrected chi connectivity index (χ3v) is 3.66. The lowest BCUT2D eigenvalue weighted by atomic mass is 10.2. The summed E-state index contributed by atoms with van der Waals surface area (Å²) < 4.78 is 6.79. The number of nitrogens with zero attached hydrogens (tertiary/aromatic N) is 3. The van der Waals surface area contributed by atoms with E-state index in [9.17, 15) is 4.79 Å². The Labute approximate surface area is 142 Å². The van der Waals surface area contributed by atoms with Crippen LogP contribution < -0.4 is 5.73 Å². The van der Waals surface area contributed by atoms with Gasteiger partial charge in [0.2, 0.25) is 0 Å². The Morgan fingerprint density at radius 2 is 2.00 bits per heavy atom. The molecule has 0 fully saturated rings. The van der Waals surface area contributed by atoms with Gasteiger partial charge in [-0.3, -0.25) is 4.79 Å². The molecule has 0 aliphatic rings. The highest BCUT2D eigenvalue weighted by Crippen LogP contribution is 2.22. The van der Waals surface area contributed by atoms with E-state index in [2.05, 4.69) is 21.9 Å². The van der Waals surface area contributed by atoms with Crippen molar-refractivity contribution >= 4 is 16.8 Å². The quantitative estimate of drug-likeness (QED) is 0.573. The highest BCUT2D eigenvalue weighted by atomic mass is 16.3. The first-order valence-electron chi connectivity index (χ1n) is 7.52. The van der Waals surface area contributed by atoms with Gasteiger partial charge in [-0.25, -0.2) is 9.67 Å². The molecular formula is C19H12N4O2. The zero-order chi connectivity index (χ0) is 17.2. The molecule has 0 unspecified atom stereocenters. The zero-order valence-electron chi connectivity index (χ0n) is 13.0. The molecule has 0 saturated carbocycles. The number of aromatic nitrogens is 3. The highest BCUT2D eigenvalue weighted by Gasteiger charge is 2.15. The normalized spacial score (nSPS) is 10.4. The minimum Gasteiger partial charge on any atom is -0.439 e. The van der Waals surface area contributed by atoms with Gasteiger partial charge in [0.1, 0.15) is 6.26 Å². The fourth-order valence-corrected chi connectivity index (χ4v) is 2.57. The van der Waals surface area contributed by atoms with Crippen molar-refractivity contribution in [3.05, 3.63) is 78.1 Å². The summed E-state index contributed by atoms with van der Waals surface area (Å²) in [5.74, 6) is 5.64. The molecule has 0 radical (unpaired) electrons. The van der Waals surface area contributed by atoms with E-state index < -0.39 is 5.91 Å². The second-order valence-electron chi connectivity index (χ2n) is 5.28. The number of hydrogen-bond donors (Lipinski definition) is 1. The van der Waals surface area contributed by atoms with Crippen molar-refractivity contribution in [2.24, 2.45) is 5.73 Å². The molecule has 2 aromatic heterocycles. The highest BCUT2D eigenvalue weighted by molar-refractivity contribution is 6.04. The van der Waals surface area contributed by atoms with Gasteiger partial charge < -0.3 is 10.2 Å². The van der Waals surface area contributed by atoms with Gasteiger partial charge in [-0.1, -0.05) is 30.2 Å². The summed E-state index contributed by atoms with van der Waals surface area (Å²) >= 11 is 0. The monoisotopic (exact) mass is 328 g/mol. The fourth-order valence-electron chi connectivity index (χ4n) is 2.57. The van der Waals surface area contributed by atoms with Crippen LogP contribution in [-0.4, -0.2) is 20.7 Å². The summed E-state index contributed by atoms with van der Waals surface area (Å²) in [5, 5.41) is 5.09. The molecule has 6 nitrogen and oxygen atoms in total. The van der Waals surface area contributed by atoms with Crippen molar-refractivity contribution in [2.75, 3.05) is 0 Å². The molecule has 2 heterocycles. The maximum Gasteiger partial charge on any atom is 0.273 e. The molecule has 4 aromatic rings. The molecule has 0 bridgehead atoms. The van der Waals surface area contributed by atoms with Crippen LogP contribution >= 0.6 is 0 Å². The summed E-state index contributed by atoms with van der Waals surface area (Å²) in [4.78, 5) is 15.6.